The van der Waals surface area contributed by atoms with E-state index in [2.05, 4.69) is 0 Å². The van der Waals surface area contributed by atoms with Crippen LogP contribution in [0.4, 0.5) is 0 Å². The molecule has 2 N–H and O–H groups in total. The van der Waals surface area contributed by atoms with Crippen molar-refractivity contribution in [2.45, 2.75) is 0 Å². The summed E-state index contributed by atoms with van der Waals surface area (Å²) in [6.07, 6.45) is 5.77. The van der Waals surface area contributed by atoms with Crippen molar-refractivity contribution in [3.8, 4) is 0 Å². The molecule has 0 fully saturated rings. The zero-order chi connectivity index (χ0) is 10.7. The molecule has 76 valence electrons. The number of rotatable bonds is 1. The van der Waals surface area contributed by atoms with Crippen molar-refractivity contribution < 1.29 is 16.8 Å². The third-order valence-corrected chi connectivity index (χ3v) is 3.09. The second-order valence-electron chi connectivity index (χ2n) is 2.50. The van der Waals surface area contributed by atoms with E-state index in [-0.39, 0.29) is 4.86 Å². The molecule has 0 aromatic carbocycles. The van der Waals surface area contributed by atoms with Crippen molar-refractivity contribution >= 4 is 30.4 Å². The SMILES string of the molecule is NC(C1C=CC=CC1=S(=O)=O)=S(=O)=O. The maximum atomic E-state index is 10.7. The average molecular weight is 233 g/mol. The summed E-state index contributed by atoms with van der Waals surface area (Å²) in [6, 6.07) is 0. The summed E-state index contributed by atoms with van der Waals surface area (Å²) in [5, 5.41) is 0. The quantitative estimate of drug-likeness (QED) is 0.571. The number of hydrogen-bond donors (Lipinski definition) is 1. The van der Waals surface area contributed by atoms with Gasteiger partial charge in [-0.15, -0.1) is 0 Å². The van der Waals surface area contributed by atoms with Gasteiger partial charge in [0.05, 0.1) is 10.8 Å². The molecule has 0 spiro atoms. The fourth-order valence-electron chi connectivity index (χ4n) is 1.02. The van der Waals surface area contributed by atoms with Crippen molar-refractivity contribution in [2.75, 3.05) is 0 Å². The molecule has 0 amide bonds. The van der Waals surface area contributed by atoms with Crippen LogP contribution in [0.5, 0.6) is 0 Å². The van der Waals surface area contributed by atoms with Crippen LogP contribution in [0.2, 0.25) is 0 Å². The third-order valence-electron chi connectivity index (χ3n) is 1.67. The molecule has 0 aliphatic heterocycles. The van der Waals surface area contributed by atoms with Gasteiger partial charge in [0, 0.05) is 0 Å². The first-order chi connectivity index (χ1) is 6.54. The van der Waals surface area contributed by atoms with Gasteiger partial charge in [0.25, 0.3) is 0 Å². The number of nitrogens with two attached hydrogens (primary N) is 1. The highest BCUT2D eigenvalue weighted by molar-refractivity contribution is 7.75. The lowest BCUT2D eigenvalue weighted by Crippen LogP contribution is -2.30. The standard InChI is InChI=1S/C7H7NO4S2/c8-7(14(11)12)5-3-1-2-4-6(5)13(9)10/h1-5H,8H2. The van der Waals surface area contributed by atoms with Gasteiger partial charge in [-0.3, -0.25) is 5.73 Å². The van der Waals surface area contributed by atoms with Crippen LogP contribution in [0, 0.1) is 5.92 Å². The van der Waals surface area contributed by atoms with E-state index in [1.807, 2.05) is 0 Å². The average Bonchev–Trinajstić information content (AvgIpc) is 2.16. The monoisotopic (exact) mass is 233 g/mol. The van der Waals surface area contributed by atoms with Crippen LogP contribution >= 0.6 is 0 Å². The molecule has 5 nitrogen and oxygen atoms in total. The zero-order valence-corrected chi connectivity index (χ0v) is 8.55. The molecular formula is C7H7NO4S2. The molecule has 1 rings (SSSR count). The third kappa shape index (κ3) is 2.19. The predicted molar refractivity (Wildman–Crippen MR) is 53.8 cm³/mol. The number of allylic oxidation sites excluding steroid dienone is 3. The number of hydrogen-bond acceptors (Lipinski definition) is 4. The lowest BCUT2D eigenvalue weighted by molar-refractivity contribution is 0.626. The van der Waals surface area contributed by atoms with Gasteiger partial charge in [-0.2, -0.15) is 16.8 Å². The maximum absolute atomic E-state index is 10.7. The van der Waals surface area contributed by atoms with Gasteiger partial charge in [-0.25, -0.2) is 0 Å². The fraction of sp³-hybridized carbons (Fsp3) is 0.143. The van der Waals surface area contributed by atoms with E-state index >= 15 is 0 Å². The lowest BCUT2D eigenvalue weighted by Gasteiger charge is -2.09. The first-order valence-electron chi connectivity index (χ1n) is 3.56. The largest absolute Gasteiger partial charge is 0.292 e. The molecule has 1 unspecified atom stereocenters. The molecule has 0 saturated carbocycles. The minimum absolute atomic E-state index is 0.0470. The van der Waals surface area contributed by atoms with Gasteiger partial charge in [-0.1, -0.05) is 18.2 Å². The molecule has 0 heterocycles. The van der Waals surface area contributed by atoms with E-state index in [4.69, 9.17) is 5.73 Å². The second kappa shape index (κ2) is 4.36. The Balaban J connectivity index is 3.40. The van der Waals surface area contributed by atoms with Gasteiger partial charge in [0.1, 0.15) is 4.99 Å². The van der Waals surface area contributed by atoms with E-state index in [1.54, 1.807) is 6.08 Å². The molecule has 1 atom stereocenters. The molecule has 1 aliphatic rings. The fourth-order valence-corrected chi connectivity index (χ4v) is 2.11. The van der Waals surface area contributed by atoms with Gasteiger partial charge in [-0.05, 0) is 6.08 Å². The van der Waals surface area contributed by atoms with Crippen LogP contribution < -0.4 is 5.73 Å². The van der Waals surface area contributed by atoms with Crippen LogP contribution in [-0.4, -0.2) is 26.7 Å². The Kier molecular flexibility index (Phi) is 3.39. The molecule has 0 aromatic heterocycles. The van der Waals surface area contributed by atoms with Crippen molar-refractivity contribution in [1.82, 2.24) is 0 Å². The van der Waals surface area contributed by atoms with E-state index in [0.717, 1.165) is 0 Å². The highest BCUT2D eigenvalue weighted by Crippen LogP contribution is 2.08. The molecule has 0 aromatic rings. The maximum Gasteiger partial charge on any atom is 0.229 e. The Hall–Kier alpha value is -1.18. The van der Waals surface area contributed by atoms with Gasteiger partial charge >= 0.3 is 0 Å². The molecule has 0 saturated heterocycles. The van der Waals surface area contributed by atoms with Crippen LogP contribution in [-0.2, 0) is 20.6 Å². The van der Waals surface area contributed by atoms with Crippen molar-refractivity contribution in [3.63, 3.8) is 0 Å². The normalized spacial score (nSPS) is 19.5. The minimum atomic E-state index is -2.58. The van der Waals surface area contributed by atoms with Crippen molar-refractivity contribution in [2.24, 2.45) is 11.7 Å². The minimum Gasteiger partial charge on any atom is -0.292 e. The van der Waals surface area contributed by atoms with Gasteiger partial charge in [0.15, 0.2) is 0 Å². The molecule has 0 bridgehead atoms. The summed E-state index contributed by atoms with van der Waals surface area (Å²) < 4.78 is 42.5. The first-order valence-corrected chi connectivity index (χ1v) is 5.71. The summed E-state index contributed by atoms with van der Waals surface area (Å²) in [4.78, 5) is -0.445. The summed E-state index contributed by atoms with van der Waals surface area (Å²) in [7, 11) is -5.04. The summed E-state index contributed by atoms with van der Waals surface area (Å²) in [6.45, 7) is 0. The highest BCUT2D eigenvalue weighted by atomic mass is 32.2. The highest BCUT2D eigenvalue weighted by Gasteiger charge is 2.19. The Morgan fingerprint density at radius 2 is 1.86 bits per heavy atom. The molecule has 0 radical (unpaired) electrons. The first kappa shape index (κ1) is 10.9. The van der Waals surface area contributed by atoms with Crippen LogP contribution in [0.1, 0.15) is 0 Å². The van der Waals surface area contributed by atoms with Crippen LogP contribution in [0.25, 0.3) is 0 Å². The zero-order valence-electron chi connectivity index (χ0n) is 6.91. The van der Waals surface area contributed by atoms with Gasteiger partial charge < -0.3 is 0 Å². The van der Waals surface area contributed by atoms with E-state index in [9.17, 15) is 16.8 Å². The summed E-state index contributed by atoms with van der Waals surface area (Å²) >= 11 is 0. The molecule has 14 heavy (non-hydrogen) atoms. The van der Waals surface area contributed by atoms with Crippen molar-refractivity contribution in [1.29, 1.82) is 0 Å². The van der Waals surface area contributed by atoms with Gasteiger partial charge in [0.2, 0.25) is 20.6 Å². The Morgan fingerprint density at radius 1 is 1.21 bits per heavy atom. The lowest BCUT2D eigenvalue weighted by atomic mass is 10.0. The molecular weight excluding hydrogens is 226 g/mol. The summed E-state index contributed by atoms with van der Waals surface area (Å²) in [5.74, 6) is -0.878. The van der Waals surface area contributed by atoms with E-state index in [1.165, 1.54) is 18.2 Å². The molecule has 7 heteroatoms. The van der Waals surface area contributed by atoms with Crippen LogP contribution in [0.3, 0.4) is 0 Å². The van der Waals surface area contributed by atoms with Crippen molar-refractivity contribution in [3.05, 3.63) is 24.3 Å². The smallest absolute Gasteiger partial charge is 0.229 e. The Bertz CT molecular complexity index is 547. The Morgan fingerprint density at radius 3 is 2.36 bits per heavy atom. The van der Waals surface area contributed by atoms with Crippen LogP contribution in [0.15, 0.2) is 24.3 Å². The summed E-state index contributed by atoms with van der Waals surface area (Å²) in [5.41, 5.74) is 5.24. The second-order valence-corrected chi connectivity index (χ2v) is 4.38. The van der Waals surface area contributed by atoms with E-state index in [0.29, 0.717) is 0 Å². The predicted octanol–water partition coefficient (Wildman–Crippen LogP) is -1.25. The Labute approximate surface area is 83.6 Å². The van der Waals surface area contributed by atoms with E-state index < -0.39 is 31.5 Å². The topological polar surface area (TPSA) is 94.3 Å². The molecule has 1 aliphatic carbocycles.